The zero-order valence-corrected chi connectivity index (χ0v) is 17.3. The number of hydrogen-bond acceptors (Lipinski definition) is 12. The van der Waals surface area contributed by atoms with Gasteiger partial charge in [-0.2, -0.15) is 9.36 Å². The summed E-state index contributed by atoms with van der Waals surface area (Å²) in [5.74, 6) is -2.82. The number of rotatable bonds is 6. The van der Waals surface area contributed by atoms with Gasteiger partial charge in [0.25, 0.3) is 11.8 Å². The number of carbonyl (C=O) groups excluding carboxylic acids is 2. The number of aromatic nitrogens is 3. The topological polar surface area (TPSA) is 184 Å². The Balaban J connectivity index is 1.52. The highest BCUT2D eigenvalue weighted by molar-refractivity contribution is 8.03. The minimum atomic E-state index is -1.23. The van der Waals surface area contributed by atoms with Crippen molar-refractivity contribution < 1.29 is 24.7 Å². The number of carbonyl (C=O) groups is 3. The molecule has 1 saturated heterocycles. The number of carboxylic acids is 1. The maximum absolute atomic E-state index is 12.7. The summed E-state index contributed by atoms with van der Waals surface area (Å²) in [6, 6.07) is -1.48. The van der Waals surface area contributed by atoms with Crippen LogP contribution < -0.4 is 11.1 Å². The molecular formula is C15H13N7O5S3. The van der Waals surface area contributed by atoms with Gasteiger partial charge in [-0.15, -0.1) is 11.3 Å². The number of allylic oxidation sites excluding steroid dienone is 1. The summed E-state index contributed by atoms with van der Waals surface area (Å²) in [7, 11) is 0. The Kier molecular flexibility index (Phi) is 5.40. The van der Waals surface area contributed by atoms with Gasteiger partial charge in [0.2, 0.25) is 11.5 Å². The molecule has 1 fully saturated rings. The van der Waals surface area contributed by atoms with Crippen LogP contribution in [0.2, 0.25) is 0 Å². The van der Waals surface area contributed by atoms with E-state index in [-0.39, 0.29) is 16.7 Å². The normalized spacial score (nSPS) is 21.3. The van der Waals surface area contributed by atoms with Gasteiger partial charge >= 0.3 is 5.97 Å². The molecule has 2 aliphatic rings. The number of nitrogen functional groups attached to an aromatic ring is 1. The molecule has 2 atom stereocenters. The van der Waals surface area contributed by atoms with Crippen LogP contribution >= 0.6 is 34.6 Å². The molecule has 0 spiro atoms. The molecule has 0 aromatic carbocycles. The molecule has 2 amide bonds. The number of hydrogen-bond donors (Lipinski definition) is 4. The van der Waals surface area contributed by atoms with Crippen molar-refractivity contribution in [2.24, 2.45) is 5.16 Å². The third kappa shape index (κ3) is 3.50. The van der Waals surface area contributed by atoms with Crippen LogP contribution in [0.1, 0.15) is 18.7 Å². The fourth-order valence-corrected chi connectivity index (χ4v) is 5.37. The van der Waals surface area contributed by atoms with Crippen molar-refractivity contribution >= 4 is 63.3 Å². The fourth-order valence-electron chi connectivity index (χ4n) is 3.24. The largest absolute Gasteiger partial charge is 0.477 e. The van der Waals surface area contributed by atoms with Gasteiger partial charge in [0.1, 0.15) is 16.8 Å². The van der Waals surface area contributed by atoms with E-state index in [1.807, 2.05) is 0 Å². The summed E-state index contributed by atoms with van der Waals surface area (Å²) in [6.07, 6.45) is 0.864. The van der Waals surface area contributed by atoms with Crippen molar-refractivity contribution in [3.63, 3.8) is 0 Å². The number of oxime groups is 1. The van der Waals surface area contributed by atoms with Gasteiger partial charge in [0.05, 0.1) is 11.6 Å². The zero-order valence-electron chi connectivity index (χ0n) is 14.9. The lowest BCUT2D eigenvalue weighted by molar-refractivity contribution is -0.155. The second kappa shape index (κ2) is 8.00. The molecule has 2 aromatic rings. The Morgan fingerprint density at radius 1 is 1.43 bits per heavy atom. The summed E-state index contributed by atoms with van der Waals surface area (Å²) in [6.45, 7) is 0. The maximum atomic E-state index is 12.7. The lowest BCUT2D eigenvalue weighted by Gasteiger charge is -2.49. The molecule has 30 heavy (non-hydrogen) atoms. The fraction of sp³-hybridized carbons (Fsp3) is 0.267. The van der Waals surface area contributed by atoms with Crippen LogP contribution in [0, 0.1) is 0 Å². The number of thioether (sulfide) groups is 1. The van der Waals surface area contributed by atoms with E-state index in [2.05, 4.69) is 24.8 Å². The third-order valence-electron chi connectivity index (χ3n) is 4.49. The first-order valence-corrected chi connectivity index (χ1v) is 10.9. The zero-order chi connectivity index (χ0) is 21.4. The van der Waals surface area contributed by atoms with Crippen molar-refractivity contribution in [3.8, 4) is 0 Å². The van der Waals surface area contributed by atoms with Crippen LogP contribution in [0.25, 0.3) is 0 Å². The minimum absolute atomic E-state index is 0.0819. The maximum Gasteiger partial charge on any atom is 0.353 e. The van der Waals surface area contributed by atoms with Gasteiger partial charge in [-0.1, -0.05) is 16.9 Å². The smallest absolute Gasteiger partial charge is 0.353 e. The van der Waals surface area contributed by atoms with E-state index < -0.39 is 35.6 Å². The second-order valence-corrected chi connectivity index (χ2v) is 8.79. The molecule has 4 rings (SSSR count). The standard InChI is InChI=1S/C15H13N7O5S3/c16-15-19-11(21-30-15)9(20-27)12(23)18-8-5-1-2-6(29-7-3-28-4-17-7)10(14(25)26)22(5)13(8)24/h3-5,8,27H,1-2H2,(H,18,23)(H,25,26)(H2,16,19,21)/b20-9-. The number of thiazole rings is 1. The van der Waals surface area contributed by atoms with Gasteiger partial charge in [0, 0.05) is 21.8 Å². The first-order chi connectivity index (χ1) is 14.4. The molecule has 2 aliphatic heterocycles. The number of nitrogens with one attached hydrogen (secondary N) is 1. The molecule has 5 N–H and O–H groups in total. The molecule has 0 radical (unpaired) electrons. The highest BCUT2D eigenvalue weighted by Gasteiger charge is 2.54. The van der Waals surface area contributed by atoms with Crippen LogP contribution in [-0.4, -0.2) is 65.1 Å². The van der Waals surface area contributed by atoms with Gasteiger partial charge in [-0.05, 0) is 12.8 Å². The second-order valence-electron chi connectivity index (χ2n) is 6.18. The molecule has 2 unspecified atom stereocenters. The van der Waals surface area contributed by atoms with Crippen LogP contribution in [0.5, 0.6) is 0 Å². The quantitative estimate of drug-likeness (QED) is 0.200. The van der Waals surface area contributed by atoms with Crippen molar-refractivity contribution in [1.82, 2.24) is 24.6 Å². The SMILES string of the molecule is Nc1nc(/C(=N/O)C(=O)NC2C(=O)N3C(C(=O)O)=C(Sc4cscn4)CCC23)ns1. The van der Waals surface area contributed by atoms with Crippen LogP contribution in [0.15, 0.2) is 31.7 Å². The number of β-lactam (4-membered cyclic amide) rings is 1. The summed E-state index contributed by atoms with van der Waals surface area (Å²) in [4.78, 5) is 46.6. The van der Waals surface area contributed by atoms with E-state index in [1.54, 1.807) is 10.9 Å². The van der Waals surface area contributed by atoms with Crippen molar-refractivity contribution in [2.45, 2.75) is 30.0 Å². The van der Waals surface area contributed by atoms with Gasteiger partial charge < -0.3 is 21.4 Å². The average Bonchev–Trinajstić information content (AvgIpc) is 3.38. The monoisotopic (exact) mass is 467 g/mol. The number of nitrogens with zero attached hydrogens (tertiary/aromatic N) is 5. The van der Waals surface area contributed by atoms with Crippen molar-refractivity contribution in [2.75, 3.05) is 5.73 Å². The summed E-state index contributed by atoms with van der Waals surface area (Å²) in [5, 5.41) is 26.7. The first-order valence-electron chi connectivity index (χ1n) is 8.38. The molecule has 0 aliphatic carbocycles. The van der Waals surface area contributed by atoms with E-state index in [4.69, 9.17) is 10.9 Å². The number of fused-ring (bicyclic) bond motifs is 1. The molecule has 0 bridgehead atoms. The molecule has 0 saturated carbocycles. The number of amides is 2. The predicted octanol–water partition coefficient (Wildman–Crippen LogP) is 0.333. The molecule has 12 nitrogen and oxygen atoms in total. The van der Waals surface area contributed by atoms with Crippen molar-refractivity contribution in [1.29, 1.82) is 0 Å². The number of carboxylic acid groups (broad SMARTS) is 1. The number of aliphatic carboxylic acids is 1. The molecule has 4 heterocycles. The number of anilines is 1. The van der Waals surface area contributed by atoms with Crippen LogP contribution in [0.4, 0.5) is 5.13 Å². The van der Waals surface area contributed by atoms with Gasteiger partial charge in [-0.3, -0.25) is 14.5 Å². The molecular weight excluding hydrogens is 454 g/mol. The van der Waals surface area contributed by atoms with E-state index in [9.17, 15) is 19.5 Å². The highest BCUT2D eigenvalue weighted by Crippen LogP contribution is 2.42. The van der Waals surface area contributed by atoms with Crippen LogP contribution in [-0.2, 0) is 14.4 Å². The Morgan fingerprint density at radius 3 is 2.83 bits per heavy atom. The van der Waals surface area contributed by atoms with E-state index in [1.165, 1.54) is 28.0 Å². The summed E-state index contributed by atoms with van der Waals surface area (Å²) in [5.41, 5.74) is 6.52. The van der Waals surface area contributed by atoms with E-state index in [0.717, 1.165) is 11.5 Å². The predicted molar refractivity (Wildman–Crippen MR) is 107 cm³/mol. The average molecular weight is 468 g/mol. The summed E-state index contributed by atoms with van der Waals surface area (Å²) >= 11 is 3.42. The van der Waals surface area contributed by atoms with E-state index >= 15 is 0 Å². The Morgan fingerprint density at radius 2 is 2.23 bits per heavy atom. The van der Waals surface area contributed by atoms with E-state index in [0.29, 0.717) is 22.8 Å². The molecule has 15 heteroatoms. The lowest BCUT2D eigenvalue weighted by atomic mass is 9.86. The molecule has 2 aromatic heterocycles. The Labute approximate surface area is 180 Å². The first kappa shape index (κ1) is 20.2. The summed E-state index contributed by atoms with van der Waals surface area (Å²) < 4.78 is 3.81. The third-order valence-corrected chi connectivity index (χ3v) is 6.84. The lowest BCUT2D eigenvalue weighted by Crippen LogP contribution is -2.72. The van der Waals surface area contributed by atoms with Gasteiger partial charge in [0.15, 0.2) is 5.13 Å². The minimum Gasteiger partial charge on any atom is -0.477 e. The number of nitrogens with two attached hydrogens (primary N) is 1. The molecule has 156 valence electrons. The highest BCUT2D eigenvalue weighted by atomic mass is 32.2. The van der Waals surface area contributed by atoms with Gasteiger partial charge in [-0.25, -0.2) is 9.78 Å². The van der Waals surface area contributed by atoms with Crippen LogP contribution in [0.3, 0.4) is 0 Å². The Hall–Kier alpha value is -3.04. The Bertz CT molecular complexity index is 1080. The van der Waals surface area contributed by atoms with Crippen molar-refractivity contribution in [3.05, 3.63) is 27.3 Å².